The minimum absolute atomic E-state index is 0.388. The van der Waals surface area contributed by atoms with Gasteiger partial charge in [-0.2, -0.15) is 0 Å². The van der Waals surface area contributed by atoms with Crippen LogP contribution >= 0.6 is 11.3 Å². The average molecular weight is 292 g/mol. The van der Waals surface area contributed by atoms with E-state index in [1.54, 1.807) is 18.4 Å². The molecule has 2 rings (SSSR count). The molecule has 2 aromatic rings. The molecule has 20 heavy (non-hydrogen) atoms. The molecule has 1 heterocycles. The lowest BCUT2D eigenvalue weighted by atomic mass is 10.1. The minimum Gasteiger partial charge on any atom is -0.497 e. The molecule has 0 saturated carbocycles. The van der Waals surface area contributed by atoms with Gasteiger partial charge in [0.05, 0.1) is 12.8 Å². The predicted molar refractivity (Wildman–Crippen MR) is 81.4 cm³/mol. The molecule has 0 aliphatic heterocycles. The van der Waals surface area contributed by atoms with Gasteiger partial charge in [0, 0.05) is 11.4 Å². The van der Waals surface area contributed by atoms with Crippen molar-refractivity contribution in [3.8, 4) is 11.5 Å². The van der Waals surface area contributed by atoms with E-state index in [4.69, 9.17) is 15.2 Å². The molecule has 108 valence electrons. The van der Waals surface area contributed by atoms with E-state index in [1.807, 2.05) is 24.3 Å². The van der Waals surface area contributed by atoms with Gasteiger partial charge < -0.3 is 15.2 Å². The van der Waals surface area contributed by atoms with Crippen LogP contribution in [0.2, 0.25) is 0 Å². The molecule has 0 spiro atoms. The van der Waals surface area contributed by atoms with Gasteiger partial charge in [0.15, 0.2) is 0 Å². The van der Waals surface area contributed by atoms with E-state index in [0.29, 0.717) is 19.1 Å². The van der Waals surface area contributed by atoms with Crippen molar-refractivity contribution in [3.63, 3.8) is 0 Å². The lowest BCUT2D eigenvalue weighted by molar-refractivity contribution is 0.304. The Morgan fingerprint density at radius 1 is 1.20 bits per heavy atom. The van der Waals surface area contributed by atoms with Crippen LogP contribution in [0.1, 0.15) is 35.3 Å². The molecule has 5 heteroatoms. The van der Waals surface area contributed by atoms with E-state index < -0.39 is 0 Å². The summed E-state index contributed by atoms with van der Waals surface area (Å²) in [5.74, 6) is 2.01. The van der Waals surface area contributed by atoms with Crippen molar-refractivity contribution < 1.29 is 9.47 Å². The van der Waals surface area contributed by atoms with Gasteiger partial charge in [-0.25, -0.2) is 4.98 Å². The fourth-order valence-corrected chi connectivity index (χ4v) is 2.91. The Morgan fingerprint density at radius 3 is 2.35 bits per heavy atom. The van der Waals surface area contributed by atoms with E-state index in [9.17, 15) is 0 Å². The van der Waals surface area contributed by atoms with Crippen molar-refractivity contribution in [1.82, 2.24) is 4.98 Å². The van der Waals surface area contributed by atoms with Crippen LogP contribution < -0.4 is 15.2 Å². The quantitative estimate of drug-likeness (QED) is 0.887. The number of hydrogen-bond donors (Lipinski definition) is 1. The summed E-state index contributed by atoms with van der Waals surface area (Å²) in [6, 6.07) is 7.53. The predicted octanol–water partition coefficient (Wildman–Crippen LogP) is 3.31. The molecule has 0 aliphatic rings. The summed E-state index contributed by atoms with van der Waals surface area (Å²) >= 11 is 1.63. The lowest BCUT2D eigenvalue weighted by Gasteiger charge is -2.05. The Labute approximate surface area is 123 Å². The summed E-state index contributed by atoms with van der Waals surface area (Å²) < 4.78 is 10.8. The molecular weight excluding hydrogens is 272 g/mol. The number of rotatable bonds is 6. The standard InChI is InChI=1S/C15H20N2O2S/c1-10(2)15-13(8-16)20-14(17-15)9-19-12-6-4-11(18-3)5-7-12/h4-7,10H,8-9,16H2,1-3H3. The van der Waals surface area contributed by atoms with Crippen molar-refractivity contribution in [2.75, 3.05) is 7.11 Å². The Hall–Kier alpha value is -1.59. The molecule has 0 amide bonds. The average Bonchev–Trinajstić information content (AvgIpc) is 2.89. The largest absolute Gasteiger partial charge is 0.497 e. The van der Waals surface area contributed by atoms with Crippen LogP contribution in [0.25, 0.3) is 0 Å². The number of aromatic nitrogens is 1. The van der Waals surface area contributed by atoms with Gasteiger partial charge in [-0.15, -0.1) is 11.3 Å². The fourth-order valence-electron chi connectivity index (χ4n) is 1.89. The van der Waals surface area contributed by atoms with E-state index in [0.717, 1.165) is 27.1 Å². The Kier molecular flexibility index (Phi) is 4.98. The van der Waals surface area contributed by atoms with Crippen molar-refractivity contribution in [2.45, 2.75) is 32.9 Å². The van der Waals surface area contributed by atoms with E-state index in [2.05, 4.69) is 18.8 Å². The van der Waals surface area contributed by atoms with Gasteiger partial charge in [0.25, 0.3) is 0 Å². The molecule has 0 unspecified atom stereocenters. The molecule has 0 bridgehead atoms. The van der Waals surface area contributed by atoms with Crippen molar-refractivity contribution in [1.29, 1.82) is 0 Å². The number of ether oxygens (including phenoxy) is 2. The van der Waals surface area contributed by atoms with Crippen LogP contribution in [0.15, 0.2) is 24.3 Å². The third kappa shape index (κ3) is 3.49. The summed E-state index contributed by atoms with van der Waals surface area (Å²) in [6.07, 6.45) is 0. The summed E-state index contributed by atoms with van der Waals surface area (Å²) in [7, 11) is 1.65. The first-order valence-electron chi connectivity index (χ1n) is 6.59. The minimum atomic E-state index is 0.388. The Bertz CT molecular complexity index is 550. The van der Waals surface area contributed by atoms with Gasteiger partial charge in [0.1, 0.15) is 23.1 Å². The number of nitrogens with zero attached hydrogens (tertiary/aromatic N) is 1. The van der Waals surface area contributed by atoms with Crippen LogP contribution in [-0.4, -0.2) is 12.1 Å². The first-order chi connectivity index (χ1) is 9.63. The van der Waals surface area contributed by atoms with Crippen molar-refractivity contribution >= 4 is 11.3 Å². The second kappa shape index (κ2) is 6.72. The van der Waals surface area contributed by atoms with Crippen molar-refractivity contribution in [3.05, 3.63) is 39.8 Å². The molecule has 0 saturated heterocycles. The van der Waals surface area contributed by atoms with Crippen LogP contribution in [0.4, 0.5) is 0 Å². The van der Waals surface area contributed by atoms with Gasteiger partial charge in [0.2, 0.25) is 0 Å². The highest BCUT2D eigenvalue weighted by Crippen LogP contribution is 2.26. The molecule has 0 atom stereocenters. The third-order valence-corrected chi connectivity index (χ3v) is 3.99. The fraction of sp³-hybridized carbons (Fsp3) is 0.400. The molecule has 0 fully saturated rings. The van der Waals surface area contributed by atoms with E-state index in [1.165, 1.54) is 0 Å². The summed E-state index contributed by atoms with van der Waals surface area (Å²) in [6.45, 7) is 5.26. The smallest absolute Gasteiger partial charge is 0.140 e. The van der Waals surface area contributed by atoms with Crippen LogP contribution in [0, 0.1) is 0 Å². The maximum atomic E-state index is 5.76. The second-order valence-corrected chi connectivity index (χ2v) is 5.91. The van der Waals surface area contributed by atoms with Gasteiger partial charge in [-0.1, -0.05) is 13.8 Å². The Morgan fingerprint density at radius 2 is 1.85 bits per heavy atom. The zero-order chi connectivity index (χ0) is 14.5. The summed E-state index contributed by atoms with van der Waals surface area (Å²) in [5.41, 5.74) is 6.85. The molecule has 2 N–H and O–H groups in total. The maximum absolute atomic E-state index is 5.76. The highest BCUT2D eigenvalue weighted by atomic mass is 32.1. The number of hydrogen-bond acceptors (Lipinski definition) is 5. The van der Waals surface area contributed by atoms with E-state index in [-0.39, 0.29) is 0 Å². The van der Waals surface area contributed by atoms with Gasteiger partial charge in [-0.05, 0) is 30.2 Å². The topological polar surface area (TPSA) is 57.4 Å². The number of benzene rings is 1. The first-order valence-corrected chi connectivity index (χ1v) is 7.41. The zero-order valence-corrected chi connectivity index (χ0v) is 12.9. The van der Waals surface area contributed by atoms with Crippen LogP contribution in [-0.2, 0) is 13.2 Å². The molecule has 0 radical (unpaired) electrons. The molecular formula is C15H20N2O2S. The highest BCUT2D eigenvalue weighted by Gasteiger charge is 2.13. The number of nitrogens with two attached hydrogens (primary N) is 1. The highest BCUT2D eigenvalue weighted by molar-refractivity contribution is 7.11. The summed E-state index contributed by atoms with van der Waals surface area (Å²) in [5, 5.41) is 0.963. The SMILES string of the molecule is COc1ccc(OCc2nc(C(C)C)c(CN)s2)cc1. The molecule has 0 aliphatic carbocycles. The van der Waals surface area contributed by atoms with Crippen LogP contribution in [0.3, 0.4) is 0 Å². The van der Waals surface area contributed by atoms with Crippen molar-refractivity contribution in [2.24, 2.45) is 5.73 Å². The normalized spacial score (nSPS) is 10.8. The van der Waals surface area contributed by atoms with Crippen LogP contribution in [0.5, 0.6) is 11.5 Å². The van der Waals surface area contributed by atoms with Gasteiger partial charge in [-0.3, -0.25) is 0 Å². The zero-order valence-electron chi connectivity index (χ0n) is 12.1. The Balaban J connectivity index is 2.02. The van der Waals surface area contributed by atoms with E-state index >= 15 is 0 Å². The molecule has 1 aromatic carbocycles. The second-order valence-electron chi connectivity index (χ2n) is 4.74. The monoisotopic (exact) mass is 292 g/mol. The lowest BCUT2D eigenvalue weighted by Crippen LogP contribution is -2.00. The third-order valence-electron chi connectivity index (χ3n) is 2.93. The van der Waals surface area contributed by atoms with Gasteiger partial charge >= 0.3 is 0 Å². The number of methoxy groups -OCH3 is 1. The summed E-state index contributed by atoms with van der Waals surface area (Å²) in [4.78, 5) is 5.76. The first kappa shape index (κ1) is 14.8. The molecule has 4 nitrogen and oxygen atoms in total. The molecule has 1 aromatic heterocycles. The maximum Gasteiger partial charge on any atom is 0.140 e. The number of thiazole rings is 1.